The van der Waals surface area contributed by atoms with Gasteiger partial charge in [0.05, 0.1) is 0 Å². The lowest BCUT2D eigenvalue weighted by Gasteiger charge is -2.20. The van der Waals surface area contributed by atoms with Crippen LogP contribution in [0.3, 0.4) is 0 Å². The fourth-order valence-electron chi connectivity index (χ4n) is 1.49. The van der Waals surface area contributed by atoms with Gasteiger partial charge in [0, 0.05) is 5.56 Å². The standard InChI is InChI=1S/C11H9NO3/c12-10-8-4-2-1-3-7(8)6-15-11(10)9(14)5-13/h1-5,12,14H,6H2. The molecule has 1 aliphatic rings. The molecule has 4 nitrogen and oxygen atoms in total. The molecule has 4 heteroatoms. The van der Waals surface area contributed by atoms with Gasteiger partial charge in [-0.15, -0.1) is 0 Å². The van der Waals surface area contributed by atoms with Crippen LogP contribution in [0.2, 0.25) is 0 Å². The first-order valence-corrected chi connectivity index (χ1v) is 4.42. The van der Waals surface area contributed by atoms with Crippen LogP contribution < -0.4 is 0 Å². The summed E-state index contributed by atoms with van der Waals surface area (Å²) in [7, 11) is 0. The van der Waals surface area contributed by atoms with Gasteiger partial charge in [0.1, 0.15) is 12.3 Å². The van der Waals surface area contributed by atoms with Crippen molar-refractivity contribution in [2.24, 2.45) is 0 Å². The van der Waals surface area contributed by atoms with Crippen LogP contribution >= 0.6 is 0 Å². The summed E-state index contributed by atoms with van der Waals surface area (Å²) >= 11 is 0. The molecule has 0 atom stereocenters. The number of carbonyl (C=O) groups excluding carboxylic acids is 1. The number of aldehydes is 1. The highest BCUT2D eigenvalue weighted by atomic mass is 16.5. The maximum absolute atomic E-state index is 10.4. The van der Waals surface area contributed by atoms with Crippen LogP contribution in [0.4, 0.5) is 0 Å². The summed E-state index contributed by atoms with van der Waals surface area (Å²) < 4.78 is 5.14. The molecule has 0 spiro atoms. The lowest BCUT2D eigenvalue weighted by atomic mass is 9.99. The predicted octanol–water partition coefficient (Wildman–Crippen LogP) is 1.55. The molecule has 0 amide bonds. The minimum Gasteiger partial charge on any atom is -0.502 e. The van der Waals surface area contributed by atoms with Crippen LogP contribution in [0.25, 0.3) is 0 Å². The van der Waals surface area contributed by atoms with E-state index in [1.54, 1.807) is 12.1 Å². The Bertz CT molecular complexity index is 463. The average molecular weight is 203 g/mol. The summed E-state index contributed by atoms with van der Waals surface area (Å²) in [5.41, 5.74) is 1.61. The van der Waals surface area contributed by atoms with Gasteiger partial charge >= 0.3 is 0 Å². The number of aliphatic hydroxyl groups excluding tert-OH is 1. The number of allylic oxidation sites excluding steroid dienone is 2. The summed E-state index contributed by atoms with van der Waals surface area (Å²) in [6.07, 6.45) is 0.276. The Labute approximate surface area is 86.3 Å². The Balaban J connectivity index is 2.51. The molecule has 0 saturated carbocycles. The first-order valence-electron chi connectivity index (χ1n) is 4.42. The molecule has 0 fully saturated rings. The van der Waals surface area contributed by atoms with Crippen LogP contribution in [0.1, 0.15) is 11.1 Å². The number of ether oxygens (including phenoxy) is 1. The SMILES string of the molecule is N=C1C(=C(O)C=O)OCc2ccccc21. The first-order chi connectivity index (χ1) is 7.24. The van der Waals surface area contributed by atoms with E-state index < -0.39 is 5.76 Å². The Morgan fingerprint density at radius 2 is 2.20 bits per heavy atom. The highest BCUT2D eigenvalue weighted by molar-refractivity contribution is 6.12. The van der Waals surface area contributed by atoms with Crippen LogP contribution in [-0.4, -0.2) is 17.1 Å². The molecule has 0 aromatic heterocycles. The molecule has 0 radical (unpaired) electrons. The van der Waals surface area contributed by atoms with E-state index in [0.717, 1.165) is 5.56 Å². The lowest BCUT2D eigenvalue weighted by molar-refractivity contribution is -0.107. The smallest absolute Gasteiger partial charge is 0.200 e. The van der Waals surface area contributed by atoms with E-state index in [1.807, 2.05) is 12.1 Å². The van der Waals surface area contributed by atoms with Crippen molar-refractivity contribution >= 4 is 12.0 Å². The molecular weight excluding hydrogens is 194 g/mol. The van der Waals surface area contributed by atoms with Crippen molar-refractivity contribution in [1.29, 1.82) is 5.41 Å². The minimum absolute atomic E-state index is 0.0430. The third-order valence-electron chi connectivity index (χ3n) is 2.23. The largest absolute Gasteiger partial charge is 0.502 e. The second kappa shape index (κ2) is 3.57. The number of hydrogen-bond donors (Lipinski definition) is 2. The third-order valence-corrected chi connectivity index (χ3v) is 2.23. The van der Waals surface area contributed by atoms with Crippen LogP contribution in [-0.2, 0) is 16.1 Å². The molecular formula is C11H9NO3. The monoisotopic (exact) mass is 203 g/mol. The summed E-state index contributed by atoms with van der Waals surface area (Å²) in [6, 6.07) is 7.26. The van der Waals surface area contributed by atoms with E-state index in [4.69, 9.17) is 10.1 Å². The van der Waals surface area contributed by atoms with Gasteiger partial charge in [-0.25, -0.2) is 0 Å². The highest BCUT2D eigenvalue weighted by Gasteiger charge is 2.22. The van der Waals surface area contributed by atoms with Crippen molar-refractivity contribution in [2.75, 3.05) is 0 Å². The van der Waals surface area contributed by atoms with Crippen LogP contribution in [0.5, 0.6) is 0 Å². The molecule has 1 aromatic rings. The van der Waals surface area contributed by atoms with Crippen molar-refractivity contribution in [3.8, 4) is 0 Å². The number of hydrogen-bond acceptors (Lipinski definition) is 4. The van der Waals surface area contributed by atoms with Crippen LogP contribution in [0.15, 0.2) is 35.8 Å². The second-order valence-electron chi connectivity index (χ2n) is 3.15. The van der Waals surface area contributed by atoms with E-state index in [-0.39, 0.29) is 24.4 Å². The number of aliphatic hydroxyl groups is 1. The van der Waals surface area contributed by atoms with Crippen molar-refractivity contribution in [1.82, 2.24) is 0 Å². The van der Waals surface area contributed by atoms with Gasteiger partial charge in [0.2, 0.25) is 5.76 Å². The summed E-state index contributed by atoms with van der Waals surface area (Å²) in [5.74, 6) is -0.585. The average Bonchev–Trinajstić information content (AvgIpc) is 2.29. The Kier molecular flexibility index (Phi) is 2.25. The van der Waals surface area contributed by atoms with E-state index in [2.05, 4.69) is 0 Å². The number of carbonyl (C=O) groups is 1. The normalized spacial score (nSPS) is 17.7. The van der Waals surface area contributed by atoms with Crippen molar-refractivity contribution in [3.05, 3.63) is 46.9 Å². The molecule has 0 aliphatic carbocycles. The molecule has 1 heterocycles. The quantitative estimate of drug-likeness (QED) is 0.413. The van der Waals surface area contributed by atoms with Gasteiger partial charge in [-0.3, -0.25) is 10.2 Å². The molecule has 2 N–H and O–H groups in total. The number of fused-ring (bicyclic) bond motifs is 1. The zero-order valence-corrected chi connectivity index (χ0v) is 7.86. The molecule has 0 bridgehead atoms. The molecule has 0 saturated heterocycles. The maximum Gasteiger partial charge on any atom is 0.200 e. The zero-order valence-electron chi connectivity index (χ0n) is 7.86. The predicted molar refractivity (Wildman–Crippen MR) is 53.8 cm³/mol. The number of nitrogens with one attached hydrogen (secondary N) is 1. The van der Waals surface area contributed by atoms with Gasteiger partial charge in [-0.2, -0.15) is 0 Å². The van der Waals surface area contributed by atoms with Gasteiger partial charge in [-0.05, 0) is 5.56 Å². The minimum atomic E-state index is -0.533. The van der Waals surface area contributed by atoms with E-state index in [0.29, 0.717) is 5.56 Å². The topological polar surface area (TPSA) is 70.4 Å². The summed E-state index contributed by atoms with van der Waals surface area (Å²) in [5, 5.41) is 17.0. The van der Waals surface area contributed by atoms with Gasteiger partial charge in [0.25, 0.3) is 0 Å². The molecule has 15 heavy (non-hydrogen) atoms. The number of benzene rings is 1. The second-order valence-corrected chi connectivity index (χ2v) is 3.15. The third kappa shape index (κ3) is 1.50. The Hall–Kier alpha value is -2.10. The van der Waals surface area contributed by atoms with E-state index >= 15 is 0 Å². The fraction of sp³-hybridized carbons (Fsp3) is 0.0909. The zero-order chi connectivity index (χ0) is 10.8. The summed E-state index contributed by atoms with van der Waals surface area (Å²) in [6.45, 7) is 0.270. The molecule has 76 valence electrons. The Morgan fingerprint density at radius 1 is 1.47 bits per heavy atom. The van der Waals surface area contributed by atoms with Crippen molar-refractivity contribution in [3.63, 3.8) is 0 Å². The molecule has 1 aromatic carbocycles. The first kappa shape index (κ1) is 9.45. The summed E-state index contributed by atoms with van der Waals surface area (Å²) in [4.78, 5) is 10.4. The van der Waals surface area contributed by atoms with Gasteiger partial charge in [0.15, 0.2) is 12.0 Å². The van der Waals surface area contributed by atoms with Crippen molar-refractivity contribution < 1.29 is 14.6 Å². The lowest BCUT2D eigenvalue weighted by Crippen LogP contribution is -2.18. The van der Waals surface area contributed by atoms with Gasteiger partial charge < -0.3 is 9.84 Å². The van der Waals surface area contributed by atoms with E-state index in [9.17, 15) is 9.90 Å². The van der Waals surface area contributed by atoms with Gasteiger partial charge in [-0.1, -0.05) is 24.3 Å². The van der Waals surface area contributed by atoms with Crippen molar-refractivity contribution in [2.45, 2.75) is 6.61 Å². The molecule has 1 aliphatic heterocycles. The highest BCUT2D eigenvalue weighted by Crippen LogP contribution is 2.23. The molecule has 0 unspecified atom stereocenters. The maximum atomic E-state index is 10.4. The van der Waals surface area contributed by atoms with E-state index in [1.165, 1.54) is 0 Å². The fourth-order valence-corrected chi connectivity index (χ4v) is 1.49. The van der Waals surface area contributed by atoms with Crippen LogP contribution in [0, 0.1) is 5.41 Å². The number of rotatable bonds is 1. The Morgan fingerprint density at radius 3 is 2.93 bits per heavy atom. The molecule has 2 rings (SSSR count).